The van der Waals surface area contributed by atoms with Crippen molar-refractivity contribution in [1.82, 2.24) is 40.7 Å². The number of carboxylic acids is 1. The average Bonchev–Trinajstić information content (AvgIpc) is 3.45. The summed E-state index contributed by atoms with van der Waals surface area (Å²) in [6.07, 6.45) is 1.15. The Kier molecular flexibility index (Phi) is 9.76. The Bertz CT molecular complexity index is 1730. The molecule has 2 aromatic heterocycles. The quantitative estimate of drug-likeness (QED) is 0.124. The molecule has 16 nitrogen and oxygen atoms in total. The van der Waals surface area contributed by atoms with Crippen LogP contribution in [-0.4, -0.2) is 93.5 Å². The van der Waals surface area contributed by atoms with Gasteiger partial charge in [-0.3, -0.25) is 24.1 Å². The summed E-state index contributed by atoms with van der Waals surface area (Å²) in [5, 5.41) is 35.1. The highest BCUT2D eigenvalue weighted by atomic mass is 35.5. The molecule has 1 aromatic carbocycles. The predicted octanol–water partition coefficient (Wildman–Crippen LogP) is -0.189. The van der Waals surface area contributed by atoms with Gasteiger partial charge in [0.1, 0.15) is 28.2 Å². The molecule has 3 amide bonds. The Morgan fingerprint density at radius 3 is 2.69 bits per heavy atom. The number of aryl methyl sites for hydroxylation is 1. The number of aromatic nitrogens is 5. The van der Waals surface area contributed by atoms with Crippen molar-refractivity contribution in [2.45, 2.75) is 29.2 Å². The molecule has 1 fully saturated rings. The number of aromatic amines is 1. The number of nitrogens with one attached hydrogen (secondary N) is 3. The van der Waals surface area contributed by atoms with Crippen molar-refractivity contribution >= 4 is 58.8 Å². The lowest BCUT2D eigenvalue weighted by atomic mass is 10.0. The maximum absolute atomic E-state index is 13.5. The van der Waals surface area contributed by atoms with Gasteiger partial charge in [-0.2, -0.15) is 0 Å². The molecule has 3 aromatic rings. The van der Waals surface area contributed by atoms with E-state index in [9.17, 15) is 34.2 Å². The number of fused-ring (bicyclic) bond motifs is 1. The number of aliphatic hydroxyl groups is 1. The van der Waals surface area contributed by atoms with Crippen molar-refractivity contribution in [3.8, 4) is 5.75 Å². The van der Waals surface area contributed by atoms with Crippen LogP contribution in [0, 0.1) is 0 Å². The number of tetrazole rings is 1. The Morgan fingerprint density at radius 2 is 2.02 bits per heavy atom. The number of ether oxygens (including phenoxy) is 1. The first-order valence-corrected chi connectivity index (χ1v) is 15.6. The van der Waals surface area contributed by atoms with E-state index in [0.717, 1.165) is 11.1 Å². The number of β-lactam (4-membered cyclic amide) rings is 1. The smallest absolute Gasteiger partial charge is 0.352 e. The molecule has 1 saturated heterocycles. The van der Waals surface area contributed by atoms with E-state index in [1.165, 1.54) is 28.2 Å². The summed E-state index contributed by atoms with van der Waals surface area (Å²) in [6.45, 7) is -1.15. The zero-order valence-corrected chi connectivity index (χ0v) is 25.7. The number of carboxylic acid groups (broad SMARTS) is 1. The standard InChI is InChI=1S/C26H25ClN8O8S2/c1-34-26(31-32-33-34)45-11-13-10-44-24-19(23(40)35(24)20(13)25(41)42)30-22(39)18(12-5-3-2-4-6-12)29-16(37)9-43-15-7-28-14(8-36)17(27)21(15)38/h2-7,18-19,24,36H,8-11H2,1H3,(H,28,38)(H,29,37)(H,30,39)(H,41,42)/t18?,19?,24-/m1/s1. The molecule has 2 aliphatic heterocycles. The second kappa shape index (κ2) is 13.7. The number of H-pyrrole nitrogens is 1. The molecule has 236 valence electrons. The molecule has 2 unspecified atom stereocenters. The van der Waals surface area contributed by atoms with Crippen molar-refractivity contribution < 1.29 is 34.1 Å². The third-order valence-electron chi connectivity index (χ3n) is 6.79. The van der Waals surface area contributed by atoms with Gasteiger partial charge in [-0.25, -0.2) is 9.48 Å². The number of pyridine rings is 1. The summed E-state index contributed by atoms with van der Waals surface area (Å²) in [7, 11) is 1.65. The fourth-order valence-electron chi connectivity index (χ4n) is 4.57. The molecule has 4 heterocycles. The van der Waals surface area contributed by atoms with Gasteiger partial charge in [0.25, 0.3) is 11.8 Å². The van der Waals surface area contributed by atoms with Crippen LogP contribution in [0.5, 0.6) is 5.75 Å². The van der Waals surface area contributed by atoms with Crippen LogP contribution in [0.2, 0.25) is 5.02 Å². The van der Waals surface area contributed by atoms with Gasteiger partial charge in [0.2, 0.25) is 16.5 Å². The first kappa shape index (κ1) is 32.0. The number of hydrogen-bond donors (Lipinski definition) is 5. The molecule has 5 rings (SSSR count). The summed E-state index contributed by atoms with van der Waals surface area (Å²) in [6, 6.07) is 5.97. The minimum absolute atomic E-state index is 0.0834. The highest BCUT2D eigenvalue weighted by Crippen LogP contribution is 2.41. The third kappa shape index (κ3) is 6.68. The molecule has 2 aliphatic rings. The van der Waals surface area contributed by atoms with Crippen molar-refractivity contribution in [1.29, 1.82) is 0 Å². The Hall–Kier alpha value is -4.39. The highest BCUT2D eigenvalue weighted by Gasteiger charge is 2.54. The number of halogens is 1. The van der Waals surface area contributed by atoms with Crippen LogP contribution >= 0.6 is 35.1 Å². The number of thioether (sulfide) groups is 2. The van der Waals surface area contributed by atoms with Gasteiger partial charge in [-0.05, 0) is 21.6 Å². The highest BCUT2D eigenvalue weighted by molar-refractivity contribution is 8.01. The summed E-state index contributed by atoms with van der Waals surface area (Å²) in [5.74, 6) is -3.08. The second-order valence-corrected chi connectivity index (χ2v) is 12.1. The first-order valence-electron chi connectivity index (χ1n) is 13.1. The molecular weight excluding hydrogens is 652 g/mol. The molecule has 45 heavy (non-hydrogen) atoms. The number of carbonyl (C=O) groups excluding carboxylic acids is 3. The molecule has 5 N–H and O–H groups in total. The normalized spacial score (nSPS) is 18.1. The van der Waals surface area contributed by atoms with Crippen molar-refractivity contribution in [2.75, 3.05) is 18.1 Å². The maximum atomic E-state index is 13.5. The molecule has 0 radical (unpaired) electrons. The zero-order chi connectivity index (χ0) is 32.2. The maximum Gasteiger partial charge on any atom is 0.352 e. The summed E-state index contributed by atoms with van der Waals surface area (Å²) < 4.78 is 6.75. The Labute approximate surface area is 267 Å². The number of benzene rings is 1. The largest absolute Gasteiger partial charge is 0.478 e. The van der Waals surface area contributed by atoms with Crippen LogP contribution in [0.3, 0.4) is 0 Å². The van der Waals surface area contributed by atoms with E-state index in [1.807, 2.05) is 0 Å². The molecular formula is C26H25ClN8O8S2. The summed E-state index contributed by atoms with van der Waals surface area (Å²) in [5.41, 5.74) is 0.115. The average molecular weight is 677 g/mol. The lowest BCUT2D eigenvalue weighted by molar-refractivity contribution is -0.151. The minimum atomic E-state index is -1.27. The van der Waals surface area contributed by atoms with Crippen LogP contribution in [0.25, 0.3) is 0 Å². The van der Waals surface area contributed by atoms with Crippen LogP contribution in [-0.2, 0) is 32.8 Å². The number of rotatable bonds is 12. The van der Waals surface area contributed by atoms with E-state index in [-0.39, 0.29) is 27.9 Å². The van der Waals surface area contributed by atoms with Crippen LogP contribution in [0.1, 0.15) is 17.3 Å². The number of aliphatic hydroxyl groups excluding tert-OH is 1. The second-order valence-electron chi connectivity index (χ2n) is 9.66. The molecule has 19 heteroatoms. The number of aliphatic carboxylic acids is 1. The number of amides is 3. The zero-order valence-electron chi connectivity index (χ0n) is 23.3. The minimum Gasteiger partial charge on any atom is -0.478 e. The summed E-state index contributed by atoms with van der Waals surface area (Å²) in [4.78, 5) is 67.9. The van der Waals surface area contributed by atoms with Gasteiger partial charge >= 0.3 is 5.97 Å². The fourth-order valence-corrected chi connectivity index (χ4v) is 7.11. The van der Waals surface area contributed by atoms with Crippen LogP contribution in [0.4, 0.5) is 0 Å². The monoisotopic (exact) mass is 676 g/mol. The molecule has 3 atom stereocenters. The number of carbonyl (C=O) groups is 4. The first-order chi connectivity index (χ1) is 21.6. The van der Waals surface area contributed by atoms with E-state index in [2.05, 4.69) is 31.1 Å². The Balaban J connectivity index is 1.27. The number of hydrogen-bond acceptors (Lipinski definition) is 12. The van der Waals surface area contributed by atoms with Gasteiger partial charge < -0.3 is 30.6 Å². The van der Waals surface area contributed by atoms with E-state index >= 15 is 0 Å². The van der Waals surface area contributed by atoms with Gasteiger partial charge in [0.05, 0.1) is 12.3 Å². The van der Waals surface area contributed by atoms with Crippen LogP contribution < -0.4 is 20.8 Å². The van der Waals surface area contributed by atoms with E-state index in [1.54, 1.807) is 37.4 Å². The van der Waals surface area contributed by atoms with Crippen molar-refractivity contribution in [2.24, 2.45) is 7.05 Å². The molecule has 0 saturated carbocycles. The van der Waals surface area contributed by atoms with E-state index in [0.29, 0.717) is 22.0 Å². The van der Waals surface area contributed by atoms with Crippen molar-refractivity contribution in [3.63, 3.8) is 0 Å². The fraction of sp³-hybridized carbons (Fsp3) is 0.308. The third-order valence-corrected chi connectivity index (χ3v) is 9.62. The van der Waals surface area contributed by atoms with Gasteiger partial charge in [-0.15, -0.1) is 16.9 Å². The molecule has 0 spiro atoms. The van der Waals surface area contributed by atoms with Gasteiger partial charge in [0.15, 0.2) is 12.4 Å². The van der Waals surface area contributed by atoms with Gasteiger partial charge in [0, 0.05) is 24.8 Å². The molecule has 0 bridgehead atoms. The topological polar surface area (TPSA) is 222 Å². The molecule has 0 aliphatic carbocycles. The Morgan fingerprint density at radius 1 is 1.27 bits per heavy atom. The summed E-state index contributed by atoms with van der Waals surface area (Å²) >= 11 is 8.44. The SMILES string of the molecule is Cn1nnnc1SCC1=C(C(=O)O)N2C(=O)C(NC(=O)C(NC(=O)COc3c[nH]c(CO)c(Cl)c3=O)c3ccccc3)[C@H]2SC1. The van der Waals surface area contributed by atoms with Gasteiger partial charge in [-0.1, -0.05) is 53.7 Å². The van der Waals surface area contributed by atoms with E-state index < -0.39 is 59.8 Å². The predicted molar refractivity (Wildman–Crippen MR) is 160 cm³/mol. The lowest BCUT2D eigenvalue weighted by Gasteiger charge is -2.49. The lowest BCUT2D eigenvalue weighted by Crippen LogP contribution is -2.71. The van der Waals surface area contributed by atoms with E-state index in [4.69, 9.17) is 16.3 Å². The van der Waals surface area contributed by atoms with Crippen LogP contribution in [0.15, 0.2) is 57.7 Å². The van der Waals surface area contributed by atoms with Crippen molar-refractivity contribution in [3.05, 3.63) is 74.3 Å². The number of nitrogens with zero attached hydrogens (tertiary/aromatic N) is 5.